The van der Waals surface area contributed by atoms with Gasteiger partial charge in [0.2, 0.25) is 0 Å². The minimum absolute atomic E-state index is 1.02. The fraction of sp³-hybridized carbons (Fsp3) is 0.933. The average Bonchev–Trinajstić information content (AvgIpc) is 2.17. The molecule has 0 rings (SSSR count). The number of unbranched alkanes of at least 4 members (excludes halogenated alkanes) is 2. The largest absolute Gasteiger partial charge is 0.0654 e. The normalized spacial score (nSPS) is 11.6. The van der Waals surface area contributed by atoms with Crippen LogP contribution in [-0.2, 0) is 0 Å². The summed E-state index contributed by atoms with van der Waals surface area (Å²) < 4.78 is 0. The van der Waals surface area contributed by atoms with Crippen molar-refractivity contribution in [2.75, 3.05) is 0 Å². The van der Waals surface area contributed by atoms with Crippen LogP contribution in [0.3, 0.4) is 0 Å². The first-order valence-corrected chi connectivity index (χ1v) is 6.99. The van der Waals surface area contributed by atoms with Gasteiger partial charge in [0.1, 0.15) is 0 Å². The van der Waals surface area contributed by atoms with Crippen molar-refractivity contribution in [3.8, 4) is 0 Å². The van der Waals surface area contributed by atoms with Gasteiger partial charge in [-0.2, -0.15) is 0 Å². The predicted octanol–water partition coefficient (Wildman–Crippen LogP) is 5.77. The lowest BCUT2D eigenvalue weighted by atomic mass is 9.92. The van der Waals surface area contributed by atoms with Crippen LogP contribution in [0.4, 0.5) is 0 Å². The molecule has 15 heavy (non-hydrogen) atoms. The fourth-order valence-electron chi connectivity index (χ4n) is 2.34. The summed E-state index contributed by atoms with van der Waals surface area (Å²) in [5.74, 6) is 2.61. The zero-order valence-electron chi connectivity index (χ0n) is 11.4. The van der Waals surface area contributed by atoms with Crippen molar-refractivity contribution in [2.45, 2.75) is 85.5 Å². The first kappa shape index (κ1) is 15.0. The Labute approximate surface area is 97.8 Å². The SMILES string of the molecule is CCCC(CCC)CCCCC[C](C)C. The van der Waals surface area contributed by atoms with Gasteiger partial charge < -0.3 is 0 Å². The Kier molecular flexibility index (Phi) is 10.5. The second-order valence-electron chi connectivity index (χ2n) is 5.25. The van der Waals surface area contributed by atoms with Crippen molar-refractivity contribution in [2.24, 2.45) is 5.92 Å². The van der Waals surface area contributed by atoms with Crippen molar-refractivity contribution < 1.29 is 0 Å². The number of rotatable bonds is 10. The molecule has 0 aliphatic heterocycles. The first-order chi connectivity index (χ1) is 7.20. The molecule has 0 amide bonds. The van der Waals surface area contributed by atoms with Gasteiger partial charge in [0.15, 0.2) is 0 Å². The van der Waals surface area contributed by atoms with E-state index in [0.29, 0.717) is 0 Å². The lowest BCUT2D eigenvalue weighted by Gasteiger charge is -2.14. The molecular formula is C15H31. The topological polar surface area (TPSA) is 0 Å². The number of hydrogen-bond donors (Lipinski definition) is 0. The van der Waals surface area contributed by atoms with Crippen LogP contribution < -0.4 is 0 Å². The molecule has 0 aromatic carbocycles. The molecule has 0 fully saturated rings. The molecule has 0 aromatic heterocycles. The number of hydrogen-bond acceptors (Lipinski definition) is 0. The highest BCUT2D eigenvalue weighted by atomic mass is 14.1. The van der Waals surface area contributed by atoms with E-state index in [-0.39, 0.29) is 0 Å². The second-order valence-corrected chi connectivity index (χ2v) is 5.25. The molecule has 0 spiro atoms. The lowest BCUT2D eigenvalue weighted by Crippen LogP contribution is -1.99. The molecule has 91 valence electrons. The summed E-state index contributed by atoms with van der Waals surface area (Å²) in [4.78, 5) is 0. The first-order valence-electron chi connectivity index (χ1n) is 6.99. The Hall–Kier alpha value is 0. The Bertz CT molecular complexity index is 109. The van der Waals surface area contributed by atoms with E-state index in [1.54, 1.807) is 5.92 Å². The highest BCUT2D eigenvalue weighted by Crippen LogP contribution is 2.21. The highest BCUT2D eigenvalue weighted by Gasteiger charge is 2.06. The third kappa shape index (κ3) is 10.3. The maximum absolute atomic E-state index is 2.32. The third-order valence-corrected chi connectivity index (χ3v) is 3.18. The van der Waals surface area contributed by atoms with Gasteiger partial charge in [0, 0.05) is 0 Å². The average molecular weight is 211 g/mol. The molecule has 0 saturated carbocycles. The van der Waals surface area contributed by atoms with E-state index < -0.39 is 0 Å². The molecule has 0 aliphatic rings. The van der Waals surface area contributed by atoms with Gasteiger partial charge in [-0.15, -0.1) is 0 Å². The van der Waals surface area contributed by atoms with Crippen LogP contribution in [0.25, 0.3) is 0 Å². The molecule has 1 radical (unpaired) electrons. The van der Waals surface area contributed by atoms with Gasteiger partial charge in [-0.25, -0.2) is 0 Å². The lowest BCUT2D eigenvalue weighted by molar-refractivity contribution is 0.392. The van der Waals surface area contributed by atoms with Crippen LogP contribution in [0.1, 0.15) is 85.5 Å². The fourth-order valence-corrected chi connectivity index (χ4v) is 2.34. The maximum Gasteiger partial charge on any atom is -0.0303 e. The van der Waals surface area contributed by atoms with Gasteiger partial charge in [-0.1, -0.05) is 79.1 Å². The van der Waals surface area contributed by atoms with E-state index in [9.17, 15) is 0 Å². The maximum atomic E-state index is 2.32. The summed E-state index contributed by atoms with van der Waals surface area (Å²) in [5, 5.41) is 0. The van der Waals surface area contributed by atoms with E-state index in [2.05, 4.69) is 27.7 Å². The van der Waals surface area contributed by atoms with Gasteiger partial charge in [-0.05, 0) is 18.3 Å². The van der Waals surface area contributed by atoms with Crippen LogP contribution >= 0.6 is 0 Å². The summed E-state index contributed by atoms with van der Waals surface area (Å²) in [7, 11) is 0. The molecule has 0 N–H and O–H groups in total. The van der Waals surface area contributed by atoms with Gasteiger partial charge in [0.25, 0.3) is 0 Å². The minimum Gasteiger partial charge on any atom is -0.0654 e. The second kappa shape index (κ2) is 10.5. The van der Waals surface area contributed by atoms with Crippen molar-refractivity contribution >= 4 is 0 Å². The monoisotopic (exact) mass is 211 g/mol. The van der Waals surface area contributed by atoms with Crippen LogP contribution in [0.2, 0.25) is 0 Å². The van der Waals surface area contributed by atoms with E-state index in [0.717, 1.165) is 5.92 Å². The van der Waals surface area contributed by atoms with E-state index >= 15 is 0 Å². The molecule has 0 heteroatoms. The molecule has 0 saturated heterocycles. The Balaban J connectivity index is 3.36. The highest BCUT2D eigenvalue weighted by molar-refractivity contribution is 4.75. The molecule has 0 nitrogen and oxygen atoms in total. The van der Waals surface area contributed by atoms with Gasteiger partial charge >= 0.3 is 0 Å². The molecule has 0 aliphatic carbocycles. The van der Waals surface area contributed by atoms with Gasteiger partial charge in [-0.3, -0.25) is 0 Å². The van der Waals surface area contributed by atoms with Crippen LogP contribution in [0, 0.1) is 11.8 Å². The van der Waals surface area contributed by atoms with Crippen molar-refractivity contribution in [1.82, 2.24) is 0 Å². The summed E-state index contributed by atoms with van der Waals surface area (Å²) in [6.45, 7) is 9.13. The van der Waals surface area contributed by atoms with Gasteiger partial charge in [0.05, 0.1) is 0 Å². The molecular weight excluding hydrogens is 180 g/mol. The van der Waals surface area contributed by atoms with Crippen LogP contribution in [0.5, 0.6) is 0 Å². The molecule has 0 bridgehead atoms. The van der Waals surface area contributed by atoms with Crippen LogP contribution in [0.15, 0.2) is 0 Å². The van der Waals surface area contributed by atoms with E-state index in [4.69, 9.17) is 0 Å². The Morgan fingerprint density at radius 2 is 1.40 bits per heavy atom. The molecule has 0 unspecified atom stereocenters. The summed E-state index contributed by atoms with van der Waals surface area (Å²) in [5.41, 5.74) is 0. The molecule has 0 aromatic rings. The summed E-state index contributed by atoms with van der Waals surface area (Å²) >= 11 is 0. The van der Waals surface area contributed by atoms with Crippen molar-refractivity contribution in [1.29, 1.82) is 0 Å². The Morgan fingerprint density at radius 1 is 0.800 bits per heavy atom. The molecule has 0 atom stereocenters. The predicted molar refractivity (Wildman–Crippen MR) is 71.0 cm³/mol. The smallest absolute Gasteiger partial charge is 0.0303 e. The quantitative estimate of drug-likeness (QED) is 0.402. The molecule has 0 heterocycles. The van der Waals surface area contributed by atoms with E-state index in [1.165, 1.54) is 57.8 Å². The standard InChI is InChI=1S/C15H31/c1-5-10-15(11-6-2)13-9-7-8-12-14(3)4/h15H,5-13H2,1-4H3. The summed E-state index contributed by atoms with van der Waals surface area (Å²) in [6, 6.07) is 0. The Morgan fingerprint density at radius 3 is 1.87 bits per heavy atom. The zero-order valence-corrected chi connectivity index (χ0v) is 11.4. The summed E-state index contributed by atoms with van der Waals surface area (Å²) in [6.07, 6.45) is 12.8. The third-order valence-electron chi connectivity index (χ3n) is 3.18. The van der Waals surface area contributed by atoms with Crippen molar-refractivity contribution in [3.63, 3.8) is 0 Å². The zero-order chi connectivity index (χ0) is 11.5. The van der Waals surface area contributed by atoms with E-state index in [1.807, 2.05) is 0 Å². The van der Waals surface area contributed by atoms with Crippen LogP contribution in [-0.4, -0.2) is 0 Å². The minimum atomic E-state index is 1.02. The van der Waals surface area contributed by atoms with Crippen molar-refractivity contribution in [3.05, 3.63) is 5.92 Å².